The fraction of sp³-hybridized carbons (Fsp3) is 0.400. The minimum Gasteiger partial charge on any atom is -0.491 e. The van der Waals surface area contributed by atoms with Crippen LogP contribution in [0.15, 0.2) is 60.7 Å². The van der Waals surface area contributed by atoms with E-state index in [2.05, 4.69) is 60.7 Å². The van der Waals surface area contributed by atoms with Gasteiger partial charge in [-0.15, -0.1) is 0 Å². The van der Waals surface area contributed by atoms with E-state index in [1.54, 1.807) is 21.3 Å². The van der Waals surface area contributed by atoms with Gasteiger partial charge in [-0.3, -0.25) is 0 Å². The van der Waals surface area contributed by atoms with Crippen LogP contribution in [0, 0.1) is 0 Å². The summed E-state index contributed by atoms with van der Waals surface area (Å²) < 4.78 is 28.8. The topological polar surface area (TPSA) is 46.2 Å². The molecule has 184 valence electrons. The number of hydrogen-bond donors (Lipinski definition) is 0. The molecule has 0 saturated heterocycles. The second kappa shape index (κ2) is 10.4. The van der Waals surface area contributed by atoms with Crippen molar-refractivity contribution >= 4 is 0 Å². The van der Waals surface area contributed by atoms with Gasteiger partial charge in [0, 0.05) is 50.4 Å². The van der Waals surface area contributed by atoms with Crippen molar-refractivity contribution in [1.82, 2.24) is 0 Å². The second-order valence-electron chi connectivity index (χ2n) is 9.14. The van der Waals surface area contributed by atoms with Crippen molar-refractivity contribution in [3.8, 4) is 11.5 Å². The summed E-state index contributed by atoms with van der Waals surface area (Å²) in [6.45, 7) is 2.77. The monoisotopic (exact) mass is 474 g/mol. The van der Waals surface area contributed by atoms with Gasteiger partial charge in [0.15, 0.2) is 0 Å². The standard InChI is InChI=1S/C30H34O5/c1-31-16-8-15-30-23-11-6-4-9-21(23)27(22-10-5-7-12-24(22)30)28-25(34-19-17-32-2)13-14-26(29(28)30)35-20-18-33-3/h4-7,9-14,27H,8,15-20H2,1-3H3. The summed E-state index contributed by atoms with van der Waals surface area (Å²) in [5.41, 5.74) is 7.51. The van der Waals surface area contributed by atoms with E-state index in [0.29, 0.717) is 33.0 Å². The number of ether oxygens (including phenoxy) is 5. The average Bonchev–Trinajstić information content (AvgIpc) is 2.90. The molecule has 0 atom stereocenters. The zero-order valence-corrected chi connectivity index (χ0v) is 20.8. The molecular weight excluding hydrogens is 440 g/mol. The zero-order chi connectivity index (χ0) is 24.3. The van der Waals surface area contributed by atoms with Crippen LogP contribution in [0.3, 0.4) is 0 Å². The molecule has 2 bridgehead atoms. The van der Waals surface area contributed by atoms with Crippen molar-refractivity contribution in [2.75, 3.05) is 54.4 Å². The maximum Gasteiger partial charge on any atom is 0.124 e. The van der Waals surface area contributed by atoms with Gasteiger partial charge in [0.05, 0.1) is 13.2 Å². The molecule has 0 N–H and O–H groups in total. The van der Waals surface area contributed by atoms with E-state index in [0.717, 1.165) is 24.3 Å². The molecule has 0 amide bonds. The van der Waals surface area contributed by atoms with Crippen molar-refractivity contribution < 1.29 is 23.7 Å². The van der Waals surface area contributed by atoms with Crippen LogP contribution < -0.4 is 9.47 Å². The molecule has 3 aromatic carbocycles. The van der Waals surface area contributed by atoms with Crippen molar-refractivity contribution in [2.45, 2.75) is 24.2 Å². The Hall–Kier alpha value is -2.86. The quantitative estimate of drug-likeness (QED) is 0.333. The van der Waals surface area contributed by atoms with Crippen LogP contribution in [-0.2, 0) is 19.6 Å². The Balaban J connectivity index is 1.78. The second-order valence-corrected chi connectivity index (χ2v) is 9.14. The normalized spacial score (nSPS) is 19.1. The molecule has 3 aliphatic rings. The van der Waals surface area contributed by atoms with Crippen molar-refractivity contribution in [3.05, 3.63) is 94.0 Å². The molecular formula is C30H34O5. The lowest BCUT2D eigenvalue weighted by Crippen LogP contribution is -2.43. The van der Waals surface area contributed by atoms with Crippen LogP contribution in [-0.4, -0.2) is 54.4 Å². The fourth-order valence-corrected chi connectivity index (χ4v) is 6.07. The molecule has 0 saturated carbocycles. The van der Waals surface area contributed by atoms with E-state index in [4.69, 9.17) is 23.7 Å². The van der Waals surface area contributed by atoms with Crippen LogP contribution in [0.25, 0.3) is 0 Å². The first kappa shape index (κ1) is 23.9. The first-order chi connectivity index (χ1) is 17.3. The Morgan fingerprint density at radius 2 is 1.17 bits per heavy atom. The Kier molecular flexibility index (Phi) is 7.09. The molecule has 5 heteroatoms. The van der Waals surface area contributed by atoms with Gasteiger partial charge < -0.3 is 23.7 Å². The van der Waals surface area contributed by atoms with Gasteiger partial charge in [0.1, 0.15) is 24.7 Å². The van der Waals surface area contributed by atoms with Crippen LogP contribution in [0.5, 0.6) is 11.5 Å². The first-order valence-corrected chi connectivity index (χ1v) is 12.4. The summed E-state index contributed by atoms with van der Waals surface area (Å²) in [6.07, 6.45) is 1.84. The molecule has 0 radical (unpaired) electrons. The largest absolute Gasteiger partial charge is 0.491 e. The maximum atomic E-state index is 6.40. The maximum absolute atomic E-state index is 6.40. The molecule has 5 nitrogen and oxygen atoms in total. The molecule has 3 aromatic rings. The summed E-state index contributed by atoms with van der Waals surface area (Å²) in [7, 11) is 5.17. The lowest BCUT2D eigenvalue weighted by Gasteiger charge is -2.51. The van der Waals surface area contributed by atoms with Gasteiger partial charge in [-0.1, -0.05) is 48.5 Å². The van der Waals surface area contributed by atoms with Gasteiger partial charge in [0.2, 0.25) is 0 Å². The summed E-state index contributed by atoms with van der Waals surface area (Å²) in [4.78, 5) is 0. The average molecular weight is 475 g/mol. The van der Waals surface area contributed by atoms with Gasteiger partial charge in [-0.25, -0.2) is 0 Å². The van der Waals surface area contributed by atoms with Crippen molar-refractivity contribution in [2.24, 2.45) is 0 Å². The van der Waals surface area contributed by atoms with E-state index >= 15 is 0 Å². The Labute approximate surface area is 207 Å². The van der Waals surface area contributed by atoms with Crippen molar-refractivity contribution in [1.29, 1.82) is 0 Å². The molecule has 0 spiro atoms. The Morgan fingerprint density at radius 1 is 0.629 bits per heavy atom. The lowest BCUT2D eigenvalue weighted by molar-refractivity contribution is 0.142. The van der Waals surface area contributed by atoms with Gasteiger partial charge in [-0.2, -0.15) is 0 Å². The van der Waals surface area contributed by atoms with E-state index in [1.807, 2.05) is 0 Å². The summed E-state index contributed by atoms with van der Waals surface area (Å²) in [5.74, 6) is 1.90. The third kappa shape index (κ3) is 3.92. The summed E-state index contributed by atoms with van der Waals surface area (Å²) in [5, 5.41) is 0. The van der Waals surface area contributed by atoms with Gasteiger partial charge in [-0.05, 0) is 47.2 Å². The molecule has 0 aromatic heterocycles. The number of methoxy groups -OCH3 is 3. The highest BCUT2D eigenvalue weighted by Gasteiger charge is 2.53. The van der Waals surface area contributed by atoms with Crippen LogP contribution in [0.2, 0.25) is 0 Å². The van der Waals surface area contributed by atoms with Crippen LogP contribution in [0.1, 0.15) is 52.1 Å². The van der Waals surface area contributed by atoms with Gasteiger partial charge in [0.25, 0.3) is 0 Å². The minimum atomic E-state index is -0.348. The smallest absolute Gasteiger partial charge is 0.124 e. The Morgan fingerprint density at radius 3 is 1.77 bits per heavy atom. The number of hydrogen-bond acceptors (Lipinski definition) is 5. The molecule has 35 heavy (non-hydrogen) atoms. The minimum absolute atomic E-state index is 0.0882. The molecule has 0 unspecified atom stereocenters. The summed E-state index contributed by atoms with van der Waals surface area (Å²) in [6, 6.07) is 21.9. The highest BCUT2D eigenvalue weighted by molar-refractivity contribution is 5.76. The third-order valence-electron chi connectivity index (χ3n) is 7.34. The number of rotatable bonds is 12. The van der Waals surface area contributed by atoms with E-state index in [1.165, 1.54) is 33.4 Å². The van der Waals surface area contributed by atoms with Crippen LogP contribution >= 0.6 is 0 Å². The molecule has 0 heterocycles. The lowest BCUT2D eigenvalue weighted by atomic mass is 9.51. The molecule has 6 rings (SSSR count). The predicted octanol–water partition coefficient (Wildman–Crippen LogP) is 5.31. The SMILES string of the molecule is COCCCC12c3ccccc3C(c3ccccc31)c1c(OCCOC)ccc(OCCOC)c12. The third-order valence-corrected chi connectivity index (χ3v) is 7.34. The van der Waals surface area contributed by atoms with Gasteiger partial charge >= 0.3 is 0 Å². The zero-order valence-electron chi connectivity index (χ0n) is 20.8. The molecule has 3 aliphatic carbocycles. The molecule has 0 aliphatic heterocycles. The van der Waals surface area contributed by atoms with Crippen LogP contribution in [0.4, 0.5) is 0 Å². The fourth-order valence-electron chi connectivity index (χ4n) is 6.07. The highest BCUT2D eigenvalue weighted by Crippen LogP contribution is 2.64. The van der Waals surface area contributed by atoms with E-state index in [-0.39, 0.29) is 11.3 Å². The molecule has 0 fully saturated rings. The first-order valence-electron chi connectivity index (χ1n) is 12.4. The summed E-state index contributed by atoms with van der Waals surface area (Å²) >= 11 is 0. The van der Waals surface area contributed by atoms with Crippen molar-refractivity contribution in [3.63, 3.8) is 0 Å². The highest BCUT2D eigenvalue weighted by atomic mass is 16.5. The predicted molar refractivity (Wildman–Crippen MR) is 136 cm³/mol. The number of benzene rings is 3. The van der Waals surface area contributed by atoms with E-state index < -0.39 is 0 Å². The van der Waals surface area contributed by atoms with E-state index in [9.17, 15) is 0 Å². The Bertz CT molecular complexity index is 1120.